The zero-order valence-electron chi connectivity index (χ0n) is 16.6. The average molecular weight is 444 g/mol. The number of thioether (sulfide) groups is 1. The van der Waals surface area contributed by atoms with Gasteiger partial charge in [0.1, 0.15) is 5.00 Å². The summed E-state index contributed by atoms with van der Waals surface area (Å²) in [5.74, 6) is 0.0577. The maximum Gasteiger partial charge on any atom is 0.341 e. The van der Waals surface area contributed by atoms with E-state index in [0.717, 1.165) is 35.4 Å². The summed E-state index contributed by atoms with van der Waals surface area (Å²) in [5.41, 5.74) is 2.33. The van der Waals surface area contributed by atoms with Gasteiger partial charge >= 0.3 is 5.97 Å². The number of esters is 1. The number of hydrogen-bond donors (Lipinski definition) is 1. The molecule has 8 nitrogen and oxygen atoms in total. The molecule has 30 heavy (non-hydrogen) atoms. The molecule has 10 heteroatoms. The number of anilines is 1. The molecule has 2 aromatic heterocycles. The van der Waals surface area contributed by atoms with E-state index in [0.29, 0.717) is 21.6 Å². The molecule has 0 saturated heterocycles. The smallest absolute Gasteiger partial charge is 0.341 e. The molecule has 1 aliphatic rings. The number of methoxy groups -OCH3 is 1. The summed E-state index contributed by atoms with van der Waals surface area (Å²) in [5, 5.41) is 15.7. The van der Waals surface area contributed by atoms with Crippen molar-refractivity contribution in [2.45, 2.75) is 31.3 Å². The molecule has 1 atom stereocenters. The molecule has 3 aromatic rings. The van der Waals surface area contributed by atoms with Gasteiger partial charge in [0.05, 0.1) is 24.1 Å². The van der Waals surface area contributed by atoms with Gasteiger partial charge in [0.2, 0.25) is 11.1 Å². The van der Waals surface area contributed by atoms with Crippen molar-refractivity contribution in [3.8, 4) is 5.69 Å². The number of carbonyl (C=O) groups is 2. The van der Waals surface area contributed by atoms with Crippen LogP contribution in [0.25, 0.3) is 5.69 Å². The summed E-state index contributed by atoms with van der Waals surface area (Å²) in [6.45, 7) is 2.20. The molecule has 0 unspecified atom stereocenters. The molecule has 0 spiro atoms. The number of carbonyl (C=O) groups excluding carboxylic acids is 2. The zero-order valence-corrected chi connectivity index (χ0v) is 18.3. The monoisotopic (exact) mass is 443 g/mol. The van der Waals surface area contributed by atoms with Gasteiger partial charge in [0, 0.05) is 4.88 Å². The summed E-state index contributed by atoms with van der Waals surface area (Å²) >= 11 is 2.71. The number of fused-ring (bicyclic) bond motifs is 1. The van der Waals surface area contributed by atoms with Gasteiger partial charge in [0.25, 0.3) is 0 Å². The molecule has 2 heterocycles. The number of ether oxygens (including phenoxy) is 1. The Morgan fingerprint density at radius 2 is 2.13 bits per heavy atom. The highest BCUT2D eigenvalue weighted by molar-refractivity contribution is 7.99. The van der Waals surface area contributed by atoms with Crippen LogP contribution in [0.1, 0.15) is 34.1 Å². The van der Waals surface area contributed by atoms with Crippen LogP contribution in [-0.4, -0.2) is 44.9 Å². The van der Waals surface area contributed by atoms with Crippen LogP contribution in [0.2, 0.25) is 0 Å². The second kappa shape index (κ2) is 8.97. The highest BCUT2D eigenvalue weighted by Gasteiger charge is 2.29. The highest BCUT2D eigenvalue weighted by atomic mass is 32.2. The van der Waals surface area contributed by atoms with Gasteiger partial charge in [0.15, 0.2) is 0 Å². The van der Waals surface area contributed by atoms with Crippen molar-refractivity contribution in [2.24, 2.45) is 5.92 Å². The summed E-state index contributed by atoms with van der Waals surface area (Å²) in [4.78, 5) is 26.2. The molecule has 1 N–H and O–H groups in total. The summed E-state index contributed by atoms with van der Waals surface area (Å²) in [6.07, 6.45) is 2.77. The summed E-state index contributed by atoms with van der Waals surface area (Å²) in [6, 6.07) is 9.48. The van der Waals surface area contributed by atoms with Crippen molar-refractivity contribution in [3.63, 3.8) is 0 Å². The fourth-order valence-corrected chi connectivity index (χ4v) is 5.56. The van der Waals surface area contributed by atoms with Gasteiger partial charge in [-0.05, 0) is 53.3 Å². The van der Waals surface area contributed by atoms with Crippen molar-refractivity contribution < 1.29 is 14.3 Å². The van der Waals surface area contributed by atoms with E-state index in [4.69, 9.17) is 4.74 Å². The predicted octanol–water partition coefficient (Wildman–Crippen LogP) is 3.37. The van der Waals surface area contributed by atoms with Crippen LogP contribution in [0.15, 0.2) is 35.5 Å². The molecule has 1 amide bonds. The Labute approximate surface area is 182 Å². The van der Waals surface area contributed by atoms with Crippen LogP contribution < -0.4 is 5.32 Å². The number of thiophene rings is 1. The van der Waals surface area contributed by atoms with Crippen LogP contribution in [0, 0.1) is 5.92 Å². The Bertz CT molecular complexity index is 1060. The SMILES string of the molecule is COC(=O)c1c(NC(=O)CSc2nnnn2-c2ccccc2)sc2c1CC[C@H](C)C2. The molecule has 1 aromatic carbocycles. The minimum Gasteiger partial charge on any atom is -0.465 e. The Kier molecular flexibility index (Phi) is 6.14. The third-order valence-corrected chi connectivity index (χ3v) is 7.02. The van der Waals surface area contributed by atoms with E-state index >= 15 is 0 Å². The van der Waals surface area contributed by atoms with Crippen LogP contribution in [0.3, 0.4) is 0 Å². The van der Waals surface area contributed by atoms with E-state index in [1.807, 2.05) is 30.3 Å². The lowest BCUT2D eigenvalue weighted by Gasteiger charge is -2.18. The van der Waals surface area contributed by atoms with Gasteiger partial charge in [-0.3, -0.25) is 4.79 Å². The average Bonchev–Trinajstić information content (AvgIpc) is 3.36. The quantitative estimate of drug-likeness (QED) is 0.461. The number of hydrogen-bond acceptors (Lipinski definition) is 8. The van der Waals surface area contributed by atoms with Crippen LogP contribution >= 0.6 is 23.1 Å². The molecular formula is C20H21N5O3S2. The Balaban J connectivity index is 1.48. The first kappa shape index (κ1) is 20.5. The normalized spacial score (nSPS) is 15.5. The lowest BCUT2D eigenvalue weighted by molar-refractivity contribution is -0.113. The maximum atomic E-state index is 12.6. The molecule has 156 valence electrons. The van der Waals surface area contributed by atoms with Crippen LogP contribution in [0.5, 0.6) is 0 Å². The standard InChI is InChI=1S/C20H21N5O3S2/c1-12-8-9-14-15(10-12)30-18(17(14)19(27)28-2)21-16(26)11-29-20-22-23-24-25(20)13-6-4-3-5-7-13/h3-7,12H,8-11H2,1-2H3,(H,21,26)/t12-/m0/s1. The lowest BCUT2D eigenvalue weighted by atomic mass is 9.88. The maximum absolute atomic E-state index is 12.6. The molecule has 1 aliphatic carbocycles. The lowest BCUT2D eigenvalue weighted by Crippen LogP contribution is -2.17. The van der Waals surface area contributed by atoms with E-state index in [9.17, 15) is 9.59 Å². The van der Waals surface area contributed by atoms with E-state index in [1.54, 1.807) is 4.68 Å². The first-order valence-electron chi connectivity index (χ1n) is 9.56. The number of nitrogens with one attached hydrogen (secondary N) is 1. The zero-order chi connectivity index (χ0) is 21.1. The second-order valence-corrected chi connectivity index (χ2v) is 9.14. The molecule has 4 rings (SSSR count). The number of benzene rings is 1. The van der Waals surface area contributed by atoms with Gasteiger partial charge in [-0.15, -0.1) is 16.4 Å². The summed E-state index contributed by atoms with van der Waals surface area (Å²) in [7, 11) is 1.36. The van der Waals surface area contributed by atoms with Gasteiger partial charge < -0.3 is 10.1 Å². The van der Waals surface area contributed by atoms with E-state index in [1.165, 1.54) is 30.2 Å². The molecule has 0 aliphatic heterocycles. The van der Waals surface area contributed by atoms with Gasteiger partial charge in [-0.25, -0.2) is 4.79 Å². The molecule has 0 saturated carbocycles. The van der Waals surface area contributed by atoms with E-state index in [-0.39, 0.29) is 11.7 Å². The Morgan fingerprint density at radius 3 is 2.90 bits per heavy atom. The fourth-order valence-electron chi connectivity index (χ4n) is 3.45. The second-order valence-electron chi connectivity index (χ2n) is 7.09. The minimum atomic E-state index is -0.405. The number of amides is 1. The number of para-hydroxylation sites is 1. The fraction of sp³-hybridized carbons (Fsp3) is 0.350. The van der Waals surface area contributed by atoms with Crippen molar-refractivity contribution in [2.75, 3.05) is 18.2 Å². The number of aromatic nitrogens is 4. The topological polar surface area (TPSA) is 99.0 Å². The third kappa shape index (κ3) is 4.24. The van der Waals surface area contributed by atoms with Gasteiger partial charge in [-0.2, -0.15) is 4.68 Å². The Morgan fingerprint density at radius 1 is 1.33 bits per heavy atom. The first-order chi connectivity index (χ1) is 14.6. The van der Waals surface area contributed by atoms with Crippen molar-refractivity contribution in [1.29, 1.82) is 0 Å². The number of nitrogens with zero attached hydrogens (tertiary/aromatic N) is 4. The summed E-state index contributed by atoms with van der Waals surface area (Å²) < 4.78 is 6.56. The van der Waals surface area contributed by atoms with E-state index in [2.05, 4.69) is 27.8 Å². The molecule has 0 fully saturated rings. The predicted molar refractivity (Wildman–Crippen MR) is 115 cm³/mol. The minimum absolute atomic E-state index is 0.118. The van der Waals surface area contributed by atoms with Crippen LogP contribution in [-0.2, 0) is 22.4 Å². The largest absolute Gasteiger partial charge is 0.465 e. The van der Waals surface area contributed by atoms with E-state index < -0.39 is 5.97 Å². The highest BCUT2D eigenvalue weighted by Crippen LogP contribution is 2.40. The van der Waals surface area contributed by atoms with Gasteiger partial charge in [-0.1, -0.05) is 36.9 Å². The Hall–Kier alpha value is -2.72. The number of tetrazole rings is 1. The number of rotatable bonds is 6. The third-order valence-electron chi connectivity index (χ3n) is 4.93. The first-order valence-corrected chi connectivity index (χ1v) is 11.4. The molecule has 0 bridgehead atoms. The van der Waals surface area contributed by atoms with Crippen LogP contribution in [0.4, 0.5) is 5.00 Å². The molecule has 0 radical (unpaired) electrons. The van der Waals surface area contributed by atoms with Crippen molar-refractivity contribution >= 4 is 40.0 Å². The molecular weight excluding hydrogens is 422 g/mol. The van der Waals surface area contributed by atoms with Crippen molar-refractivity contribution in [3.05, 3.63) is 46.3 Å². The van der Waals surface area contributed by atoms with Crippen molar-refractivity contribution in [1.82, 2.24) is 20.2 Å².